The molecule has 0 atom stereocenters. The van der Waals surface area contributed by atoms with Gasteiger partial charge in [0.1, 0.15) is 24.5 Å². The molecule has 3 aromatic rings. The number of aromatic nitrogens is 3. The fraction of sp³-hybridized carbons (Fsp3) is 0.200. The van der Waals surface area contributed by atoms with E-state index in [-0.39, 0.29) is 11.7 Å². The van der Waals surface area contributed by atoms with Crippen molar-refractivity contribution in [3.63, 3.8) is 0 Å². The second-order valence-corrected chi connectivity index (χ2v) is 6.15. The van der Waals surface area contributed by atoms with Crippen LogP contribution < -0.4 is 20.7 Å². The molecule has 0 fully saturated rings. The van der Waals surface area contributed by atoms with Crippen molar-refractivity contribution in [3.05, 3.63) is 60.2 Å². The van der Waals surface area contributed by atoms with Crippen LogP contribution in [0.4, 0.5) is 27.7 Å². The second kappa shape index (κ2) is 9.45. The smallest absolute Gasteiger partial charge is 0.232 e. The Morgan fingerprint density at radius 2 is 1.86 bits per heavy atom. The molecule has 1 amide bonds. The van der Waals surface area contributed by atoms with E-state index >= 15 is 0 Å². The van der Waals surface area contributed by atoms with Gasteiger partial charge in [-0.15, -0.1) is 0 Å². The molecule has 3 rings (SSSR count). The van der Waals surface area contributed by atoms with E-state index in [4.69, 9.17) is 4.74 Å². The summed E-state index contributed by atoms with van der Waals surface area (Å²) in [5.41, 5.74) is 2.34. The van der Waals surface area contributed by atoms with Gasteiger partial charge in [0.25, 0.3) is 0 Å². The molecule has 0 spiro atoms. The van der Waals surface area contributed by atoms with Gasteiger partial charge in [-0.3, -0.25) is 4.79 Å². The summed E-state index contributed by atoms with van der Waals surface area (Å²) in [6.07, 6.45) is 1.39. The van der Waals surface area contributed by atoms with Gasteiger partial charge in [0, 0.05) is 24.4 Å². The lowest BCUT2D eigenvalue weighted by atomic mass is 10.1. The minimum atomic E-state index is -0.346. The number of benzene rings is 2. The van der Waals surface area contributed by atoms with Gasteiger partial charge in [0.15, 0.2) is 0 Å². The zero-order valence-corrected chi connectivity index (χ0v) is 16.1. The van der Waals surface area contributed by atoms with Crippen LogP contribution in [0, 0.1) is 12.7 Å². The lowest BCUT2D eigenvalue weighted by molar-refractivity contribution is -0.114. The van der Waals surface area contributed by atoms with Crippen LogP contribution in [0.1, 0.15) is 12.5 Å². The average molecular weight is 396 g/mol. The maximum Gasteiger partial charge on any atom is 0.232 e. The first-order chi connectivity index (χ1) is 14.0. The van der Waals surface area contributed by atoms with E-state index in [1.54, 1.807) is 12.1 Å². The minimum absolute atomic E-state index is 0.141. The fourth-order valence-corrected chi connectivity index (χ4v) is 2.55. The van der Waals surface area contributed by atoms with E-state index < -0.39 is 0 Å². The number of carbonyl (C=O) groups excluding carboxylic acids is 1. The molecule has 0 saturated carbocycles. The van der Waals surface area contributed by atoms with Gasteiger partial charge in [-0.05, 0) is 36.8 Å². The maximum absolute atomic E-state index is 13.1. The lowest BCUT2D eigenvalue weighted by Crippen LogP contribution is -2.14. The Hall–Kier alpha value is -3.75. The minimum Gasteiger partial charge on any atom is -0.492 e. The Morgan fingerprint density at radius 1 is 1.10 bits per heavy atom. The number of halogens is 1. The molecule has 0 aliphatic heterocycles. The van der Waals surface area contributed by atoms with Crippen LogP contribution in [0.25, 0.3) is 0 Å². The van der Waals surface area contributed by atoms with E-state index in [0.717, 1.165) is 11.3 Å². The number of ether oxygens (including phenoxy) is 1. The number of carbonyl (C=O) groups is 1. The summed E-state index contributed by atoms with van der Waals surface area (Å²) in [5.74, 6) is 0.704. The van der Waals surface area contributed by atoms with Gasteiger partial charge in [0.05, 0.1) is 6.54 Å². The van der Waals surface area contributed by atoms with Crippen LogP contribution >= 0.6 is 0 Å². The zero-order valence-electron chi connectivity index (χ0n) is 16.1. The maximum atomic E-state index is 13.1. The van der Waals surface area contributed by atoms with Crippen molar-refractivity contribution in [1.29, 1.82) is 0 Å². The van der Waals surface area contributed by atoms with Crippen LogP contribution in [-0.4, -0.2) is 34.0 Å². The molecule has 0 aliphatic rings. The van der Waals surface area contributed by atoms with Gasteiger partial charge in [-0.1, -0.05) is 12.1 Å². The SMILES string of the molecule is CC(=O)Nc1cccc(Nc2ncnc(NCCOc3cccc(F)c3)n2)c1C. The predicted molar refractivity (Wildman–Crippen MR) is 109 cm³/mol. The number of nitrogens with zero attached hydrogens (tertiary/aromatic N) is 3. The van der Waals surface area contributed by atoms with Crippen molar-refractivity contribution in [1.82, 2.24) is 15.0 Å². The zero-order chi connectivity index (χ0) is 20.6. The van der Waals surface area contributed by atoms with E-state index in [2.05, 4.69) is 30.9 Å². The van der Waals surface area contributed by atoms with E-state index in [1.165, 1.54) is 25.4 Å². The third-order valence-electron chi connectivity index (χ3n) is 3.91. The van der Waals surface area contributed by atoms with Gasteiger partial charge >= 0.3 is 0 Å². The Kier molecular flexibility index (Phi) is 6.51. The molecular formula is C20H21FN6O2. The molecule has 0 bridgehead atoms. The van der Waals surface area contributed by atoms with Crippen LogP contribution in [-0.2, 0) is 4.79 Å². The summed E-state index contributed by atoms with van der Waals surface area (Å²) >= 11 is 0. The highest BCUT2D eigenvalue weighted by Gasteiger charge is 2.08. The summed E-state index contributed by atoms with van der Waals surface area (Å²) < 4.78 is 18.6. The van der Waals surface area contributed by atoms with Crippen molar-refractivity contribution in [2.75, 3.05) is 29.1 Å². The molecule has 150 valence electrons. The normalized spacial score (nSPS) is 10.3. The number of nitrogens with one attached hydrogen (secondary N) is 3. The van der Waals surface area contributed by atoms with Crippen molar-refractivity contribution >= 4 is 29.2 Å². The molecule has 0 aliphatic carbocycles. The molecule has 3 N–H and O–H groups in total. The largest absolute Gasteiger partial charge is 0.492 e. The lowest BCUT2D eigenvalue weighted by Gasteiger charge is -2.13. The van der Waals surface area contributed by atoms with Crippen LogP contribution in [0.3, 0.4) is 0 Å². The number of amides is 1. The van der Waals surface area contributed by atoms with Crippen LogP contribution in [0.2, 0.25) is 0 Å². The van der Waals surface area contributed by atoms with Crippen molar-refractivity contribution < 1.29 is 13.9 Å². The molecule has 29 heavy (non-hydrogen) atoms. The summed E-state index contributed by atoms with van der Waals surface area (Å²) in [7, 11) is 0. The van der Waals surface area contributed by atoms with Crippen molar-refractivity contribution in [2.24, 2.45) is 0 Å². The topological polar surface area (TPSA) is 101 Å². The Balaban J connectivity index is 1.58. The number of anilines is 4. The van der Waals surface area contributed by atoms with Crippen molar-refractivity contribution in [3.8, 4) is 5.75 Å². The van der Waals surface area contributed by atoms with E-state index in [9.17, 15) is 9.18 Å². The van der Waals surface area contributed by atoms with Gasteiger partial charge in [0.2, 0.25) is 17.8 Å². The molecule has 0 unspecified atom stereocenters. The quantitative estimate of drug-likeness (QED) is 0.501. The Labute approximate surface area is 167 Å². The van der Waals surface area contributed by atoms with E-state index in [0.29, 0.717) is 36.5 Å². The molecule has 0 saturated heterocycles. The molecule has 0 radical (unpaired) electrons. The Morgan fingerprint density at radius 3 is 2.66 bits per heavy atom. The summed E-state index contributed by atoms with van der Waals surface area (Å²) in [6, 6.07) is 11.5. The standard InChI is InChI=1S/C20H21FN6O2/c1-13-17(25-14(2)28)7-4-8-18(13)26-20-24-12-23-19(27-20)22-9-10-29-16-6-3-5-15(21)11-16/h3-8,11-12H,9-10H2,1-2H3,(H,25,28)(H2,22,23,24,26,27). The monoisotopic (exact) mass is 396 g/mol. The highest BCUT2D eigenvalue weighted by Crippen LogP contribution is 2.25. The number of hydrogen-bond acceptors (Lipinski definition) is 7. The number of rotatable bonds is 8. The molecular weight excluding hydrogens is 375 g/mol. The summed E-state index contributed by atoms with van der Waals surface area (Å²) in [6.45, 7) is 4.09. The van der Waals surface area contributed by atoms with Gasteiger partial charge in [-0.2, -0.15) is 4.98 Å². The highest BCUT2D eigenvalue weighted by molar-refractivity contribution is 5.90. The summed E-state index contributed by atoms with van der Waals surface area (Å²) in [4.78, 5) is 23.8. The third-order valence-corrected chi connectivity index (χ3v) is 3.91. The predicted octanol–water partition coefficient (Wildman–Crippen LogP) is 3.51. The third kappa shape index (κ3) is 5.86. The van der Waals surface area contributed by atoms with E-state index in [1.807, 2.05) is 25.1 Å². The van der Waals surface area contributed by atoms with Crippen LogP contribution in [0.5, 0.6) is 5.75 Å². The van der Waals surface area contributed by atoms with Crippen LogP contribution in [0.15, 0.2) is 48.8 Å². The first-order valence-corrected chi connectivity index (χ1v) is 8.97. The average Bonchev–Trinajstić information content (AvgIpc) is 2.68. The molecule has 1 heterocycles. The second-order valence-electron chi connectivity index (χ2n) is 6.15. The van der Waals surface area contributed by atoms with Gasteiger partial charge < -0.3 is 20.7 Å². The van der Waals surface area contributed by atoms with Crippen molar-refractivity contribution in [2.45, 2.75) is 13.8 Å². The van der Waals surface area contributed by atoms with Gasteiger partial charge in [-0.25, -0.2) is 14.4 Å². The first-order valence-electron chi connectivity index (χ1n) is 8.97. The first kappa shape index (κ1) is 20.0. The molecule has 1 aromatic heterocycles. The number of hydrogen-bond donors (Lipinski definition) is 3. The fourth-order valence-electron chi connectivity index (χ4n) is 2.55. The molecule has 9 heteroatoms. The Bertz CT molecular complexity index is 998. The highest BCUT2D eigenvalue weighted by atomic mass is 19.1. The molecule has 2 aromatic carbocycles. The molecule has 8 nitrogen and oxygen atoms in total. The summed E-state index contributed by atoms with van der Waals surface area (Å²) in [5, 5.41) is 8.93.